The van der Waals surface area contributed by atoms with Crippen molar-refractivity contribution >= 4 is 17.1 Å². The minimum Gasteiger partial charge on any atom is -0.491 e. The fraction of sp³-hybridized carbons (Fsp3) is 0.316. The van der Waals surface area contributed by atoms with Gasteiger partial charge in [0, 0.05) is 29.9 Å². The highest BCUT2D eigenvalue weighted by atomic mass is 16.6. The number of benzene rings is 3. The first-order chi connectivity index (χ1) is 21.8. The van der Waals surface area contributed by atoms with Crippen LogP contribution < -0.4 is 10.1 Å². The molecule has 2 aromatic heterocycles. The largest absolute Gasteiger partial charge is 0.491 e. The van der Waals surface area contributed by atoms with Crippen molar-refractivity contribution in [3.63, 3.8) is 0 Å². The minimum absolute atomic E-state index is 0.389. The summed E-state index contributed by atoms with van der Waals surface area (Å²) < 4.78 is 11.8. The second-order valence-corrected chi connectivity index (χ2v) is 12.0. The molecular formula is C38H42N4O3. The maximum Gasteiger partial charge on any atom is 0.408 e. The molecule has 0 aliphatic heterocycles. The number of fused-ring (bicyclic) bond motifs is 1. The van der Waals surface area contributed by atoms with E-state index in [1.807, 2.05) is 83.1 Å². The zero-order valence-corrected chi connectivity index (χ0v) is 26.8. The maximum atomic E-state index is 12.7. The lowest BCUT2D eigenvalue weighted by Crippen LogP contribution is -2.52. The van der Waals surface area contributed by atoms with Crippen LogP contribution in [0.1, 0.15) is 65.0 Å². The minimum atomic E-state index is -0.553. The van der Waals surface area contributed by atoms with Gasteiger partial charge >= 0.3 is 6.09 Å². The van der Waals surface area contributed by atoms with Gasteiger partial charge in [0.1, 0.15) is 16.9 Å². The Kier molecular flexibility index (Phi) is 9.77. The Labute approximate surface area is 266 Å². The summed E-state index contributed by atoms with van der Waals surface area (Å²) in [6.07, 6.45) is 6.76. The van der Waals surface area contributed by atoms with Crippen molar-refractivity contribution in [1.29, 1.82) is 0 Å². The smallest absolute Gasteiger partial charge is 0.408 e. The first-order valence-corrected chi connectivity index (χ1v) is 15.8. The average molecular weight is 603 g/mol. The molecule has 0 bridgehead atoms. The Hall–Kier alpha value is -4.78. The van der Waals surface area contributed by atoms with Gasteiger partial charge in [-0.2, -0.15) is 0 Å². The van der Waals surface area contributed by atoms with Crippen LogP contribution >= 0.6 is 0 Å². The van der Waals surface area contributed by atoms with Crippen molar-refractivity contribution in [1.82, 2.24) is 20.3 Å². The highest BCUT2D eigenvalue weighted by Gasteiger charge is 2.41. The van der Waals surface area contributed by atoms with E-state index in [-0.39, 0.29) is 6.09 Å². The molecule has 1 aliphatic rings. The molecule has 6 rings (SSSR count). The van der Waals surface area contributed by atoms with Gasteiger partial charge in [0.2, 0.25) is 0 Å². The van der Waals surface area contributed by atoms with Gasteiger partial charge in [-0.25, -0.2) is 14.8 Å². The van der Waals surface area contributed by atoms with Crippen LogP contribution in [0.2, 0.25) is 0 Å². The first kappa shape index (κ1) is 31.6. The van der Waals surface area contributed by atoms with Gasteiger partial charge in [-0.3, -0.25) is 4.98 Å². The van der Waals surface area contributed by atoms with E-state index in [2.05, 4.69) is 46.7 Å². The number of amides is 1. The Morgan fingerprint density at radius 2 is 1.49 bits per heavy atom. The van der Waals surface area contributed by atoms with Crippen molar-refractivity contribution in [3.05, 3.63) is 108 Å². The average Bonchev–Trinajstić information content (AvgIpc) is 3.03. The normalized spacial score (nSPS) is 13.6. The van der Waals surface area contributed by atoms with E-state index >= 15 is 0 Å². The second-order valence-electron chi connectivity index (χ2n) is 12.0. The van der Waals surface area contributed by atoms with Gasteiger partial charge in [0.05, 0.1) is 29.1 Å². The van der Waals surface area contributed by atoms with Crippen molar-refractivity contribution in [3.8, 4) is 28.3 Å². The molecule has 1 fully saturated rings. The lowest BCUT2D eigenvalue weighted by Gasteiger charge is -2.43. The van der Waals surface area contributed by atoms with Gasteiger partial charge in [0.25, 0.3) is 0 Å². The third-order valence-corrected chi connectivity index (χ3v) is 7.76. The third-order valence-electron chi connectivity index (χ3n) is 7.76. The van der Waals surface area contributed by atoms with E-state index in [0.717, 1.165) is 64.8 Å². The number of hydrogen-bond donors (Lipinski definition) is 1. The molecule has 0 saturated heterocycles. The summed E-state index contributed by atoms with van der Waals surface area (Å²) in [7, 11) is 0. The molecule has 2 heterocycles. The summed E-state index contributed by atoms with van der Waals surface area (Å²) in [6, 6.07) is 28.3. The summed E-state index contributed by atoms with van der Waals surface area (Å²) in [5, 5.41) is 3.15. The van der Waals surface area contributed by atoms with Gasteiger partial charge in [-0.15, -0.1) is 0 Å². The molecule has 0 radical (unpaired) electrons. The lowest BCUT2D eigenvalue weighted by molar-refractivity contribution is 0.0377. The number of alkyl carbamates (subject to hydrolysis) is 1. The SMILES string of the molecule is CC.CC(C)(C)OC(=O)NC1(c2ccc(-c3nc4c(OCCc5ccncc5)cccc4nc3-c3ccccc3)cc2)CCC1. The maximum absolute atomic E-state index is 12.7. The number of nitrogens with one attached hydrogen (secondary N) is 1. The number of carbonyl (C=O) groups excluding carboxylic acids is 1. The Morgan fingerprint density at radius 1 is 0.822 bits per heavy atom. The Morgan fingerprint density at radius 3 is 2.13 bits per heavy atom. The second kappa shape index (κ2) is 13.9. The number of aromatic nitrogens is 3. The number of ether oxygens (including phenoxy) is 2. The van der Waals surface area contributed by atoms with Crippen LogP contribution in [0.15, 0.2) is 97.3 Å². The van der Waals surface area contributed by atoms with E-state index in [0.29, 0.717) is 12.4 Å². The molecule has 0 unspecified atom stereocenters. The quantitative estimate of drug-likeness (QED) is 0.191. The number of hydrogen-bond acceptors (Lipinski definition) is 6. The van der Waals surface area contributed by atoms with Crippen LogP contribution in [-0.2, 0) is 16.7 Å². The van der Waals surface area contributed by atoms with Gasteiger partial charge in [-0.05, 0) is 75.4 Å². The predicted molar refractivity (Wildman–Crippen MR) is 180 cm³/mol. The topological polar surface area (TPSA) is 86.2 Å². The Bertz CT molecular complexity index is 1710. The van der Waals surface area contributed by atoms with Gasteiger partial charge in [0.15, 0.2) is 0 Å². The molecule has 3 aromatic carbocycles. The number of rotatable bonds is 8. The molecule has 0 spiro atoms. The molecule has 7 nitrogen and oxygen atoms in total. The van der Waals surface area contributed by atoms with E-state index in [9.17, 15) is 4.79 Å². The summed E-state index contributed by atoms with van der Waals surface area (Å²) in [5.74, 6) is 0.700. The highest BCUT2D eigenvalue weighted by Crippen LogP contribution is 2.42. The molecule has 1 N–H and O–H groups in total. The molecule has 7 heteroatoms. The van der Waals surface area contributed by atoms with E-state index in [1.54, 1.807) is 12.4 Å². The van der Waals surface area contributed by atoms with E-state index < -0.39 is 11.1 Å². The van der Waals surface area contributed by atoms with Crippen molar-refractivity contribution in [2.45, 2.75) is 71.4 Å². The number of pyridine rings is 1. The fourth-order valence-corrected chi connectivity index (χ4v) is 5.46. The number of carbonyl (C=O) groups is 1. The fourth-order valence-electron chi connectivity index (χ4n) is 5.46. The zero-order chi connectivity index (χ0) is 31.9. The first-order valence-electron chi connectivity index (χ1n) is 15.8. The molecule has 0 atom stereocenters. The summed E-state index contributed by atoms with van der Waals surface area (Å²) >= 11 is 0. The van der Waals surface area contributed by atoms with Crippen LogP contribution in [0.25, 0.3) is 33.5 Å². The van der Waals surface area contributed by atoms with Crippen LogP contribution in [0.5, 0.6) is 5.75 Å². The predicted octanol–water partition coefficient (Wildman–Crippen LogP) is 8.91. The summed E-state index contributed by atoms with van der Waals surface area (Å²) in [6.45, 7) is 10.1. The van der Waals surface area contributed by atoms with Crippen LogP contribution in [0.3, 0.4) is 0 Å². The van der Waals surface area contributed by atoms with E-state index in [1.165, 1.54) is 5.56 Å². The summed E-state index contributed by atoms with van der Waals surface area (Å²) in [5.41, 5.74) is 6.25. The van der Waals surface area contributed by atoms with Crippen molar-refractivity contribution in [2.75, 3.05) is 6.61 Å². The van der Waals surface area contributed by atoms with Gasteiger partial charge < -0.3 is 14.8 Å². The van der Waals surface area contributed by atoms with Crippen LogP contribution in [0, 0.1) is 0 Å². The number of nitrogens with zero attached hydrogens (tertiary/aromatic N) is 3. The number of para-hydroxylation sites is 1. The third kappa shape index (κ3) is 7.48. The highest BCUT2D eigenvalue weighted by molar-refractivity contribution is 5.89. The van der Waals surface area contributed by atoms with Crippen LogP contribution in [-0.4, -0.2) is 33.3 Å². The molecule has 1 saturated carbocycles. The molecular weight excluding hydrogens is 560 g/mol. The standard InChI is InChI=1S/C36H36N4O3.C2H6/c1-35(2,3)43-34(41)40-36(20-8-21-36)28-15-13-27(14-16-28)32-31(26-9-5-4-6-10-26)38-29-11-7-12-30(33(29)39-32)42-24-19-25-17-22-37-23-18-25;1-2/h4-7,9-18,22-23H,8,19-21,24H2,1-3H3,(H,40,41);1-2H3. The molecule has 1 aliphatic carbocycles. The van der Waals surface area contributed by atoms with Crippen molar-refractivity contribution < 1.29 is 14.3 Å². The Balaban J connectivity index is 0.00000196. The molecule has 45 heavy (non-hydrogen) atoms. The zero-order valence-electron chi connectivity index (χ0n) is 26.8. The van der Waals surface area contributed by atoms with E-state index in [4.69, 9.17) is 19.4 Å². The van der Waals surface area contributed by atoms with Crippen LogP contribution in [0.4, 0.5) is 4.79 Å². The summed E-state index contributed by atoms with van der Waals surface area (Å²) in [4.78, 5) is 27.0. The molecule has 232 valence electrons. The molecule has 1 amide bonds. The monoisotopic (exact) mass is 602 g/mol. The van der Waals surface area contributed by atoms with Gasteiger partial charge in [-0.1, -0.05) is 74.5 Å². The molecule has 5 aromatic rings. The lowest BCUT2D eigenvalue weighted by atomic mass is 9.71. The van der Waals surface area contributed by atoms with Crippen molar-refractivity contribution in [2.24, 2.45) is 0 Å².